The molecule has 0 bridgehead atoms. The lowest BCUT2D eigenvalue weighted by atomic mass is 10.1. The first-order valence-corrected chi connectivity index (χ1v) is 5.95. The fraction of sp³-hybridized carbons (Fsp3) is 0.500. The van der Waals surface area contributed by atoms with E-state index >= 15 is 0 Å². The molecule has 20 heavy (non-hydrogen) atoms. The van der Waals surface area contributed by atoms with Crippen molar-refractivity contribution in [1.82, 2.24) is 5.01 Å². The van der Waals surface area contributed by atoms with Gasteiger partial charge in [0.25, 0.3) is 0 Å². The molecule has 0 fully saturated rings. The van der Waals surface area contributed by atoms with Crippen LogP contribution < -0.4 is 4.74 Å². The smallest absolute Gasteiger partial charge is 0.419 e. The Hall–Kier alpha value is -1.83. The van der Waals surface area contributed by atoms with Gasteiger partial charge in [0, 0.05) is 7.11 Å². The van der Waals surface area contributed by atoms with Gasteiger partial charge in [-0.15, -0.1) is 0 Å². The van der Waals surface area contributed by atoms with Gasteiger partial charge in [0.15, 0.2) is 6.79 Å². The molecule has 0 saturated heterocycles. The molecule has 110 valence electrons. The molecule has 2 rings (SSSR count). The Bertz CT molecular complexity index is 491. The Morgan fingerprint density at radius 1 is 1.35 bits per heavy atom. The summed E-state index contributed by atoms with van der Waals surface area (Å²) in [6, 6.07) is 3.94. The zero-order valence-electron chi connectivity index (χ0n) is 10.9. The van der Waals surface area contributed by atoms with Gasteiger partial charge in [0.2, 0.25) is 0 Å². The van der Waals surface area contributed by atoms with E-state index in [0.717, 1.165) is 6.07 Å². The second-order valence-corrected chi connectivity index (χ2v) is 4.22. The van der Waals surface area contributed by atoms with Gasteiger partial charge in [-0.05, 0) is 17.7 Å². The number of hydrogen-bond acceptors (Lipinski definition) is 5. The van der Waals surface area contributed by atoms with E-state index < -0.39 is 11.7 Å². The maximum Gasteiger partial charge on any atom is 0.419 e. The minimum atomic E-state index is -4.48. The Morgan fingerprint density at radius 2 is 2.15 bits per heavy atom. The maximum atomic E-state index is 13.0. The number of alkyl halides is 3. The second kappa shape index (κ2) is 6.08. The summed E-state index contributed by atoms with van der Waals surface area (Å²) in [4.78, 5) is 0. The van der Waals surface area contributed by atoms with Crippen molar-refractivity contribution in [3.8, 4) is 5.75 Å². The quantitative estimate of drug-likeness (QED) is 0.783. The molecule has 0 atom stereocenters. The molecule has 0 aliphatic carbocycles. The van der Waals surface area contributed by atoms with Crippen LogP contribution in [0.1, 0.15) is 11.1 Å². The summed E-state index contributed by atoms with van der Waals surface area (Å²) < 4.78 is 48.5. The van der Waals surface area contributed by atoms with E-state index in [4.69, 9.17) is 4.74 Å². The van der Waals surface area contributed by atoms with Gasteiger partial charge in [-0.25, -0.2) is 0 Å². The fourth-order valence-corrected chi connectivity index (χ4v) is 1.81. The van der Waals surface area contributed by atoms with Crippen LogP contribution in [0.5, 0.6) is 5.75 Å². The van der Waals surface area contributed by atoms with E-state index in [-0.39, 0.29) is 19.1 Å². The first-order chi connectivity index (χ1) is 9.50. The predicted molar refractivity (Wildman–Crippen MR) is 64.1 cm³/mol. The van der Waals surface area contributed by atoms with Crippen LogP contribution in [0, 0.1) is 0 Å². The molecule has 1 aromatic rings. The molecule has 0 N–H and O–H groups in total. The molecular formula is C12H14F3N3O2. The number of ether oxygens (including phenoxy) is 2. The van der Waals surface area contributed by atoms with Gasteiger partial charge in [0.1, 0.15) is 5.75 Å². The van der Waals surface area contributed by atoms with Gasteiger partial charge in [0.05, 0.1) is 25.2 Å². The number of hydrogen-bond donors (Lipinski definition) is 0. The van der Waals surface area contributed by atoms with Crippen molar-refractivity contribution in [3.63, 3.8) is 0 Å². The van der Waals surface area contributed by atoms with Crippen LogP contribution in [0.4, 0.5) is 13.2 Å². The maximum absolute atomic E-state index is 13.0. The van der Waals surface area contributed by atoms with Crippen molar-refractivity contribution in [2.75, 3.05) is 27.0 Å². The van der Waals surface area contributed by atoms with E-state index in [0.29, 0.717) is 18.7 Å². The first-order valence-electron chi connectivity index (χ1n) is 5.95. The highest BCUT2D eigenvalue weighted by molar-refractivity contribution is 5.39. The van der Waals surface area contributed by atoms with E-state index in [1.807, 2.05) is 0 Å². The van der Waals surface area contributed by atoms with Crippen LogP contribution in [0.3, 0.4) is 0 Å². The summed E-state index contributed by atoms with van der Waals surface area (Å²) in [5, 5.41) is 9.21. The molecule has 0 radical (unpaired) electrons. The molecule has 1 heterocycles. The van der Waals surface area contributed by atoms with E-state index in [1.165, 1.54) is 13.2 Å². The SMILES string of the molecule is COCOc1ccc(CN2CCN=N2)cc1C(F)(F)F. The Kier molecular flexibility index (Phi) is 4.43. The van der Waals surface area contributed by atoms with Gasteiger partial charge >= 0.3 is 6.18 Å². The summed E-state index contributed by atoms with van der Waals surface area (Å²) in [7, 11) is 1.35. The van der Waals surface area contributed by atoms with Crippen LogP contribution >= 0.6 is 0 Å². The van der Waals surface area contributed by atoms with Crippen LogP contribution in [0.2, 0.25) is 0 Å². The molecule has 0 spiro atoms. The van der Waals surface area contributed by atoms with Gasteiger partial charge < -0.3 is 9.47 Å². The van der Waals surface area contributed by atoms with Crippen molar-refractivity contribution < 1.29 is 22.6 Å². The highest BCUT2D eigenvalue weighted by Gasteiger charge is 2.34. The lowest BCUT2D eigenvalue weighted by Gasteiger charge is -2.17. The Labute approximate surface area is 114 Å². The van der Waals surface area contributed by atoms with Crippen LogP contribution in [0.25, 0.3) is 0 Å². The third-order valence-corrected chi connectivity index (χ3v) is 2.69. The van der Waals surface area contributed by atoms with Crippen molar-refractivity contribution in [2.45, 2.75) is 12.7 Å². The summed E-state index contributed by atoms with van der Waals surface area (Å²) in [5.41, 5.74) is -0.314. The minimum Gasteiger partial charge on any atom is -0.467 e. The molecule has 0 unspecified atom stereocenters. The van der Waals surface area contributed by atoms with Crippen molar-refractivity contribution in [3.05, 3.63) is 29.3 Å². The van der Waals surface area contributed by atoms with E-state index in [9.17, 15) is 13.2 Å². The summed E-state index contributed by atoms with van der Waals surface area (Å²) in [6.45, 7) is 1.24. The number of benzene rings is 1. The average Bonchev–Trinajstić information content (AvgIpc) is 2.89. The molecular weight excluding hydrogens is 275 g/mol. The normalized spacial score (nSPS) is 14.9. The average molecular weight is 289 g/mol. The summed E-state index contributed by atoms with van der Waals surface area (Å²) in [6.07, 6.45) is -4.48. The minimum absolute atomic E-state index is 0.233. The van der Waals surface area contributed by atoms with Crippen LogP contribution in [-0.4, -0.2) is 32.0 Å². The molecule has 0 saturated carbocycles. The molecule has 0 aromatic heterocycles. The predicted octanol–water partition coefficient (Wildman–Crippen LogP) is 2.87. The molecule has 5 nitrogen and oxygen atoms in total. The standard InChI is InChI=1S/C12H14F3N3O2/c1-19-8-20-11-3-2-9(6-10(11)12(13,14)15)7-18-5-4-16-17-18/h2-3,6H,4-5,7-8H2,1H3. The molecule has 1 aliphatic heterocycles. The second-order valence-electron chi connectivity index (χ2n) is 4.22. The lowest BCUT2D eigenvalue weighted by Crippen LogP contribution is -2.16. The molecule has 8 heteroatoms. The zero-order valence-corrected chi connectivity index (χ0v) is 10.9. The number of methoxy groups -OCH3 is 1. The molecule has 0 amide bonds. The van der Waals surface area contributed by atoms with Crippen molar-refractivity contribution in [2.24, 2.45) is 10.3 Å². The number of nitrogens with zero attached hydrogens (tertiary/aromatic N) is 3. The third-order valence-electron chi connectivity index (χ3n) is 2.69. The lowest BCUT2D eigenvalue weighted by molar-refractivity contribution is -0.139. The van der Waals surface area contributed by atoms with Crippen LogP contribution in [0.15, 0.2) is 28.5 Å². The Morgan fingerprint density at radius 3 is 2.75 bits per heavy atom. The van der Waals surface area contributed by atoms with Crippen LogP contribution in [-0.2, 0) is 17.5 Å². The molecule has 1 aliphatic rings. The fourth-order valence-electron chi connectivity index (χ4n) is 1.81. The van der Waals surface area contributed by atoms with Crippen molar-refractivity contribution >= 4 is 0 Å². The van der Waals surface area contributed by atoms with Gasteiger partial charge in [-0.1, -0.05) is 11.3 Å². The Balaban J connectivity index is 2.20. The largest absolute Gasteiger partial charge is 0.467 e. The monoisotopic (exact) mass is 289 g/mol. The summed E-state index contributed by atoms with van der Waals surface area (Å²) in [5.74, 6) is -0.244. The zero-order chi connectivity index (χ0) is 14.6. The van der Waals surface area contributed by atoms with Crippen molar-refractivity contribution in [1.29, 1.82) is 0 Å². The first kappa shape index (κ1) is 14.6. The highest BCUT2D eigenvalue weighted by atomic mass is 19.4. The van der Waals surface area contributed by atoms with Gasteiger partial charge in [-0.3, -0.25) is 5.01 Å². The molecule has 1 aromatic carbocycles. The van der Waals surface area contributed by atoms with E-state index in [2.05, 4.69) is 15.1 Å². The van der Waals surface area contributed by atoms with E-state index in [1.54, 1.807) is 11.1 Å². The number of rotatable bonds is 5. The highest BCUT2D eigenvalue weighted by Crippen LogP contribution is 2.37. The topological polar surface area (TPSA) is 46.4 Å². The summed E-state index contributed by atoms with van der Waals surface area (Å²) >= 11 is 0. The number of halogens is 3. The third kappa shape index (κ3) is 3.60. The van der Waals surface area contributed by atoms with Gasteiger partial charge in [-0.2, -0.15) is 18.3 Å².